The van der Waals surface area contributed by atoms with Gasteiger partial charge in [0.15, 0.2) is 0 Å². The summed E-state index contributed by atoms with van der Waals surface area (Å²) in [5.41, 5.74) is 7.29. The molecule has 0 bridgehead atoms. The molecule has 4 aromatic rings. The first-order valence-electron chi connectivity index (χ1n) is 12.6. The zero-order chi connectivity index (χ0) is 29.2. The number of urea groups is 1. The number of aromatic nitrogens is 1. The number of carbonyl (C=O) groups is 3. The third kappa shape index (κ3) is 8.19. The van der Waals surface area contributed by atoms with Gasteiger partial charge in [0.2, 0.25) is 0 Å². The van der Waals surface area contributed by atoms with Crippen molar-refractivity contribution >= 4 is 68.0 Å². The minimum Gasteiger partial charge on any atom is -0.465 e. The highest BCUT2D eigenvalue weighted by Gasteiger charge is 2.23. The van der Waals surface area contributed by atoms with Gasteiger partial charge in [0.1, 0.15) is 15.8 Å². The first kappa shape index (κ1) is 29.8. The zero-order valence-electron chi connectivity index (χ0n) is 22.2. The Morgan fingerprint density at radius 2 is 1.68 bits per heavy atom. The number of ether oxygens (including phenoxy) is 1. The summed E-state index contributed by atoms with van der Waals surface area (Å²) in [4.78, 5) is 44.4. The molecule has 4 heterocycles. The van der Waals surface area contributed by atoms with Crippen molar-refractivity contribution < 1.29 is 19.1 Å². The van der Waals surface area contributed by atoms with E-state index in [0.29, 0.717) is 58.9 Å². The lowest BCUT2D eigenvalue weighted by Gasteiger charge is -2.35. The summed E-state index contributed by atoms with van der Waals surface area (Å²) in [6.45, 7) is 2.99. The number of anilines is 3. The first-order chi connectivity index (χ1) is 19.9. The summed E-state index contributed by atoms with van der Waals surface area (Å²) >= 11 is 8.55. The van der Waals surface area contributed by atoms with Crippen molar-refractivity contribution in [3.63, 3.8) is 0 Å². The predicted molar refractivity (Wildman–Crippen MR) is 164 cm³/mol. The van der Waals surface area contributed by atoms with Crippen molar-refractivity contribution in [1.29, 1.82) is 0 Å². The predicted octanol–water partition coefficient (Wildman–Crippen LogP) is 5.20. The van der Waals surface area contributed by atoms with Crippen molar-refractivity contribution in [3.05, 3.63) is 93.3 Å². The lowest BCUT2D eigenvalue weighted by Crippen LogP contribution is -2.50. The van der Waals surface area contributed by atoms with Gasteiger partial charge in [-0.25, -0.2) is 14.6 Å². The Labute approximate surface area is 250 Å². The Kier molecular flexibility index (Phi) is 10.5. The highest BCUT2D eigenvalue weighted by Crippen LogP contribution is 2.24. The normalized spacial score (nSPS) is 12.6. The lowest BCUT2D eigenvalue weighted by atomic mass is 10.2. The van der Waals surface area contributed by atoms with E-state index in [2.05, 4.69) is 25.3 Å². The van der Waals surface area contributed by atoms with Gasteiger partial charge in [-0.15, -0.1) is 22.7 Å². The number of nitrogens with one attached hydrogen (secondary N) is 2. The minimum absolute atomic E-state index is 0.199. The van der Waals surface area contributed by atoms with Gasteiger partial charge >= 0.3 is 12.0 Å². The van der Waals surface area contributed by atoms with E-state index in [4.69, 9.17) is 17.3 Å². The molecule has 0 unspecified atom stereocenters. The largest absolute Gasteiger partial charge is 0.465 e. The van der Waals surface area contributed by atoms with Crippen LogP contribution < -0.4 is 21.3 Å². The number of thiophene rings is 2. The topological polar surface area (TPSA) is 130 Å². The molecule has 0 radical (unpaired) electrons. The summed E-state index contributed by atoms with van der Waals surface area (Å²) in [5, 5.41) is 11.0. The molecule has 0 aliphatic carbocycles. The average Bonchev–Trinajstić information content (AvgIpc) is 3.66. The molecule has 214 valence electrons. The Balaban J connectivity index is 0.000000328. The van der Waals surface area contributed by atoms with Crippen LogP contribution in [0, 0.1) is 0 Å². The number of pyridine rings is 1. The molecule has 10 nitrogen and oxygen atoms in total. The molecule has 0 atom stereocenters. The number of hydrogen-bond donors (Lipinski definition) is 3. The summed E-state index contributed by atoms with van der Waals surface area (Å²) in [6, 6.07) is 16.3. The molecule has 3 amide bonds. The van der Waals surface area contributed by atoms with Gasteiger partial charge in [-0.3, -0.25) is 10.1 Å². The molecule has 3 aromatic heterocycles. The van der Waals surface area contributed by atoms with E-state index in [1.54, 1.807) is 46.1 Å². The van der Waals surface area contributed by atoms with Crippen LogP contribution in [0.2, 0.25) is 5.02 Å². The summed E-state index contributed by atoms with van der Waals surface area (Å²) < 4.78 is 4.46. The van der Waals surface area contributed by atoms with Gasteiger partial charge in [0.25, 0.3) is 5.91 Å². The van der Waals surface area contributed by atoms with Crippen molar-refractivity contribution in [1.82, 2.24) is 15.2 Å². The second kappa shape index (κ2) is 14.5. The Morgan fingerprint density at radius 1 is 0.976 bits per heavy atom. The SMILES string of the molecule is COC(=O)c1ccsc1N.O=C(NCc1ccc(Cl)cc1)c1ccsc1NC(=O)N1CCN(c2ccccn2)CC1. The second-order valence-electron chi connectivity index (χ2n) is 8.75. The molecule has 0 spiro atoms. The number of esters is 1. The molecule has 13 heteroatoms. The Bertz CT molecular complexity index is 1450. The fourth-order valence-corrected chi connectivity index (χ4v) is 5.45. The first-order valence-corrected chi connectivity index (χ1v) is 14.7. The number of piperazine rings is 1. The third-order valence-corrected chi connectivity index (χ3v) is 7.97. The van der Waals surface area contributed by atoms with Gasteiger partial charge in [-0.1, -0.05) is 29.8 Å². The quantitative estimate of drug-likeness (QED) is 0.255. The van der Waals surface area contributed by atoms with E-state index in [-0.39, 0.29) is 17.9 Å². The fourth-order valence-electron chi connectivity index (χ4n) is 3.92. The van der Waals surface area contributed by atoms with Crippen molar-refractivity contribution in [2.75, 3.05) is 49.2 Å². The number of halogens is 1. The molecule has 1 aliphatic heterocycles. The number of benzene rings is 1. The Morgan fingerprint density at radius 3 is 2.32 bits per heavy atom. The smallest absolute Gasteiger partial charge is 0.340 e. The van der Waals surface area contributed by atoms with Crippen molar-refractivity contribution in [2.24, 2.45) is 0 Å². The maximum absolute atomic E-state index is 12.7. The number of hydrogen-bond acceptors (Lipinski definition) is 9. The van der Waals surface area contributed by atoms with E-state index in [1.807, 2.05) is 30.3 Å². The minimum atomic E-state index is -0.376. The number of methoxy groups -OCH3 is 1. The summed E-state index contributed by atoms with van der Waals surface area (Å²) in [5.74, 6) is 0.311. The van der Waals surface area contributed by atoms with Crippen LogP contribution in [0.4, 0.5) is 20.6 Å². The van der Waals surface area contributed by atoms with E-state index in [1.165, 1.54) is 29.8 Å². The molecule has 1 saturated heterocycles. The highest BCUT2D eigenvalue weighted by molar-refractivity contribution is 7.15. The summed E-state index contributed by atoms with van der Waals surface area (Å²) in [6.07, 6.45) is 1.77. The number of nitrogens with two attached hydrogens (primary N) is 1. The Hall–Kier alpha value is -4.13. The molecule has 5 rings (SSSR count). The van der Waals surface area contributed by atoms with Gasteiger partial charge in [-0.2, -0.15) is 0 Å². The molecular formula is C28H29ClN6O4S2. The van der Waals surface area contributed by atoms with E-state index < -0.39 is 0 Å². The maximum Gasteiger partial charge on any atom is 0.340 e. The van der Waals surface area contributed by atoms with E-state index in [0.717, 1.165) is 11.4 Å². The monoisotopic (exact) mass is 612 g/mol. The maximum atomic E-state index is 12.7. The average molecular weight is 613 g/mol. The molecule has 1 aliphatic rings. The van der Waals surface area contributed by atoms with Crippen LogP contribution in [0.1, 0.15) is 26.3 Å². The molecule has 4 N–H and O–H groups in total. The number of amides is 3. The lowest BCUT2D eigenvalue weighted by molar-refractivity contribution is 0.0602. The van der Waals surface area contributed by atoms with E-state index in [9.17, 15) is 14.4 Å². The van der Waals surface area contributed by atoms with Crippen LogP contribution in [0.15, 0.2) is 71.6 Å². The number of nitrogen functional groups attached to an aromatic ring is 1. The van der Waals surface area contributed by atoms with Crippen molar-refractivity contribution in [3.8, 4) is 0 Å². The highest BCUT2D eigenvalue weighted by atomic mass is 35.5. The van der Waals surface area contributed by atoms with E-state index >= 15 is 0 Å². The standard InChI is InChI=1S/C22H22ClN5O2S.C6H7NO2S/c23-17-6-4-16(5-7-17)15-25-20(29)18-8-14-31-21(18)26-22(30)28-12-10-27(11-13-28)19-3-1-2-9-24-19;1-9-6(8)4-2-3-10-5(4)7/h1-9,14H,10-13,15H2,(H,25,29)(H,26,30);2-3H,7H2,1H3. The molecule has 1 fully saturated rings. The van der Waals surface area contributed by atoms with Gasteiger partial charge < -0.3 is 25.6 Å². The van der Waals surface area contributed by atoms with Crippen molar-refractivity contribution in [2.45, 2.75) is 6.54 Å². The van der Waals surface area contributed by atoms with Crippen LogP contribution in [-0.4, -0.2) is 61.1 Å². The second-order valence-corrected chi connectivity index (χ2v) is 11.1. The van der Waals surface area contributed by atoms with Crippen LogP contribution in [-0.2, 0) is 11.3 Å². The summed E-state index contributed by atoms with van der Waals surface area (Å²) in [7, 11) is 1.33. The fraction of sp³-hybridized carbons (Fsp3) is 0.214. The van der Waals surface area contributed by atoms with Crippen LogP contribution >= 0.6 is 34.3 Å². The molecule has 1 aromatic carbocycles. The van der Waals surface area contributed by atoms with Gasteiger partial charge in [0, 0.05) is 43.9 Å². The zero-order valence-corrected chi connectivity index (χ0v) is 24.6. The van der Waals surface area contributed by atoms with Crippen LogP contribution in [0.5, 0.6) is 0 Å². The third-order valence-electron chi connectivity index (χ3n) is 6.14. The number of carbonyl (C=O) groups excluding carboxylic acids is 3. The molecule has 41 heavy (non-hydrogen) atoms. The van der Waals surface area contributed by atoms with Gasteiger partial charge in [0.05, 0.1) is 18.2 Å². The van der Waals surface area contributed by atoms with Crippen LogP contribution in [0.3, 0.4) is 0 Å². The molecule has 0 saturated carbocycles. The molecular weight excluding hydrogens is 584 g/mol. The number of nitrogens with zero attached hydrogens (tertiary/aromatic N) is 3. The number of rotatable bonds is 6. The van der Waals surface area contributed by atoms with Crippen LogP contribution in [0.25, 0.3) is 0 Å². The van der Waals surface area contributed by atoms with Gasteiger partial charge in [-0.05, 0) is 52.7 Å².